The molecular formula is C15H20F3NO. The largest absolute Gasteiger partial charge is 0.416 e. The van der Waals surface area contributed by atoms with Crippen molar-refractivity contribution in [2.75, 3.05) is 11.4 Å². The minimum absolute atomic E-state index is 0.0704. The van der Waals surface area contributed by atoms with Crippen molar-refractivity contribution in [2.24, 2.45) is 5.92 Å². The second kappa shape index (κ2) is 5.64. The molecule has 2 atom stereocenters. The summed E-state index contributed by atoms with van der Waals surface area (Å²) in [5, 5.41) is 9.06. The Hall–Kier alpha value is -1.23. The van der Waals surface area contributed by atoms with E-state index in [9.17, 15) is 13.2 Å². The van der Waals surface area contributed by atoms with Crippen LogP contribution in [0.15, 0.2) is 18.2 Å². The molecule has 0 spiro atoms. The van der Waals surface area contributed by atoms with Crippen molar-refractivity contribution in [2.45, 2.75) is 45.5 Å². The Morgan fingerprint density at radius 2 is 1.95 bits per heavy atom. The van der Waals surface area contributed by atoms with Crippen LogP contribution in [0.5, 0.6) is 0 Å². The predicted octanol–water partition coefficient (Wildman–Crippen LogP) is 3.82. The second-order valence-electron chi connectivity index (χ2n) is 5.68. The van der Waals surface area contributed by atoms with Crippen molar-refractivity contribution in [3.05, 3.63) is 29.3 Å². The van der Waals surface area contributed by atoms with E-state index in [1.165, 1.54) is 12.1 Å². The van der Waals surface area contributed by atoms with Crippen LogP contribution in [0.4, 0.5) is 18.9 Å². The number of nitrogens with zero attached hydrogens (tertiary/aromatic N) is 1. The van der Waals surface area contributed by atoms with Gasteiger partial charge in [0, 0.05) is 18.3 Å². The maximum absolute atomic E-state index is 13.0. The molecule has 1 aliphatic rings. The highest BCUT2D eigenvalue weighted by Crippen LogP contribution is 2.36. The van der Waals surface area contributed by atoms with Crippen LogP contribution in [0.3, 0.4) is 0 Å². The van der Waals surface area contributed by atoms with Crippen LogP contribution in [-0.4, -0.2) is 17.7 Å². The molecule has 112 valence electrons. The van der Waals surface area contributed by atoms with Gasteiger partial charge in [0.1, 0.15) is 0 Å². The van der Waals surface area contributed by atoms with Gasteiger partial charge in [-0.25, -0.2) is 0 Å². The molecule has 1 heterocycles. The van der Waals surface area contributed by atoms with E-state index in [2.05, 4.69) is 6.92 Å². The third-order valence-corrected chi connectivity index (χ3v) is 4.02. The second-order valence-corrected chi connectivity index (χ2v) is 5.68. The summed E-state index contributed by atoms with van der Waals surface area (Å²) in [6.45, 7) is 4.34. The van der Waals surface area contributed by atoms with Gasteiger partial charge >= 0.3 is 6.18 Å². The van der Waals surface area contributed by atoms with Gasteiger partial charge < -0.3 is 10.0 Å². The van der Waals surface area contributed by atoms with Gasteiger partial charge in [0.2, 0.25) is 0 Å². The van der Waals surface area contributed by atoms with E-state index in [1.807, 2.05) is 11.8 Å². The van der Waals surface area contributed by atoms with E-state index in [0.29, 0.717) is 11.6 Å². The average Bonchev–Trinajstić information content (AvgIpc) is 2.40. The fraction of sp³-hybridized carbons (Fsp3) is 0.600. The lowest BCUT2D eigenvalue weighted by Crippen LogP contribution is -2.41. The number of hydrogen-bond donors (Lipinski definition) is 1. The van der Waals surface area contributed by atoms with Gasteiger partial charge in [0.05, 0.1) is 12.2 Å². The third-order valence-electron chi connectivity index (χ3n) is 4.02. The van der Waals surface area contributed by atoms with Crippen molar-refractivity contribution < 1.29 is 18.3 Å². The minimum atomic E-state index is -4.43. The number of rotatable bonds is 2. The Balaban J connectivity index is 2.37. The maximum atomic E-state index is 13.0. The molecule has 20 heavy (non-hydrogen) atoms. The van der Waals surface area contributed by atoms with E-state index in [4.69, 9.17) is 5.11 Å². The first-order valence-electron chi connectivity index (χ1n) is 6.90. The summed E-state index contributed by atoms with van der Waals surface area (Å²) in [5.74, 6) is 0.484. The molecule has 0 aromatic heterocycles. The molecule has 1 aromatic carbocycles. The zero-order valence-electron chi connectivity index (χ0n) is 11.7. The molecule has 0 bridgehead atoms. The molecule has 2 nitrogen and oxygen atoms in total. The normalized spacial score (nSPS) is 24.0. The van der Waals surface area contributed by atoms with E-state index >= 15 is 0 Å². The summed E-state index contributed by atoms with van der Waals surface area (Å²) in [6, 6.07) is 4.46. The van der Waals surface area contributed by atoms with Gasteiger partial charge in [-0.3, -0.25) is 0 Å². The molecule has 0 saturated carbocycles. The molecule has 1 aromatic rings. The molecule has 1 N–H and O–H groups in total. The molecule has 1 saturated heterocycles. The Morgan fingerprint density at radius 3 is 2.55 bits per heavy atom. The van der Waals surface area contributed by atoms with Crippen molar-refractivity contribution >= 4 is 5.69 Å². The number of hydrogen-bond acceptors (Lipinski definition) is 2. The van der Waals surface area contributed by atoms with Crippen LogP contribution in [0.25, 0.3) is 0 Å². The highest BCUT2D eigenvalue weighted by Gasteiger charge is 2.34. The summed E-state index contributed by atoms with van der Waals surface area (Å²) in [5.41, 5.74) is -0.213. The molecule has 2 unspecified atom stereocenters. The van der Waals surface area contributed by atoms with Crippen LogP contribution in [0.1, 0.15) is 37.8 Å². The maximum Gasteiger partial charge on any atom is 0.416 e. The lowest BCUT2D eigenvalue weighted by Gasteiger charge is -2.39. The highest BCUT2D eigenvalue weighted by atomic mass is 19.4. The highest BCUT2D eigenvalue weighted by molar-refractivity contribution is 5.53. The molecule has 0 aliphatic carbocycles. The molecule has 1 fully saturated rings. The summed E-state index contributed by atoms with van der Waals surface area (Å²) in [7, 11) is 0. The van der Waals surface area contributed by atoms with Crippen LogP contribution < -0.4 is 4.90 Å². The van der Waals surface area contributed by atoms with Gasteiger partial charge in [0.25, 0.3) is 0 Å². The van der Waals surface area contributed by atoms with Crippen molar-refractivity contribution in [1.82, 2.24) is 0 Å². The van der Waals surface area contributed by atoms with Gasteiger partial charge in [-0.1, -0.05) is 13.0 Å². The molecule has 0 amide bonds. The third kappa shape index (κ3) is 3.08. The standard InChI is InChI=1S/C15H20F3NO/c1-10-3-4-11(2)19(8-10)13-6-5-12(9-20)14(7-13)15(16,17)18/h5-7,10-11,20H,3-4,8-9H2,1-2H3. The molecule has 1 aliphatic heterocycles. The first kappa shape index (κ1) is 15.2. The van der Waals surface area contributed by atoms with Crippen LogP contribution in [-0.2, 0) is 12.8 Å². The number of aliphatic hydroxyl groups is 1. The van der Waals surface area contributed by atoms with E-state index in [-0.39, 0.29) is 11.6 Å². The van der Waals surface area contributed by atoms with Gasteiger partial charge in [-0.2, -0.15) is 13.2 Å². The summed E-state index contributed by atoms with van der Waals surface area (Å²) < 4.78 is 39.1. The first-order chi connectivity index (χ1) is 9.32. The Bertz CT molecular complexity index is 473. The van der Waals surface area contributed by atoms with Gasteiger partial charge in [-0.05, 0) is 43.4 Å². The van der Waals surface area contributed by atoms with Crippen LogP contribution >= 0.6 is 0 Å². The van der Waals surface area contributed by atoms with E-state index in [1.54, 1.807) is 6.07 Å². The molecule has 2 rings (SSSR count). The summed E-state index contributed by atoms with van der Waals surface area (Å²) in [6.07, 6.45) is -2.33. The molecule has 0 radical (unpaired) electrons. The summed E-state index contributed by atoms with van der Waals surface area (Å²) >= 11 is 0. The zero-order valence-corrected chi connectivity index (χ0v) is 11.7. The minimum Gasteiger partial charge on any atom is -0.392 e. The number of alkyl halides is 3. The number of aliphatic hydroxyl groups excluding tert-OH is 1. The lowest BCUT2D eigenvalue weighted by atomic mass is 9.94. The average molecular weight is 287 g/mol. The molecule has 5 heteroatoms. The monoisotopic (exact) mass is 287 g/mol. The quantitative estimate of drug-likeness (QED) is 0.893. The van der Waals surface area contributed by atoms with Crippen molar-refractivity contribution in [3.8, 4) is 0 Å². The van der Waals surface area contributed by atoms with Crippen LogP contribution in [0.2, 0.25) is 0 Å². The number of halogens is 3. The predicted molar refractivity (Wildman–Crippen MR) is 72.6 cm³/mol. The van der Waals surface area contributed by atoms with Gasteiger partial charge in [0.15, 0.2) is 0 Å². The smallest absolute Gasteiger partial charge is 0.392 e. The Morgan fingerprint density at radius 1 is 1.25 bits per heavy atom. The van der Waals surface area contributed by atoms with Crippen molar-refractivity contribution in [1.29, 1.82) is 0 Å². The van der Waals surface area contributed by atoms with Crippen molar-refractivity contribution in [3.63, 3.8) is 0 Å². The fourth-order valence-electron chi connectivity index (χ4n) is 2.79. The topological polar surface area (TPSA) is 23.5 Å². The lowest BCUT2D eigenvalue weighted by molar-refractivity contribution is -0.138. The van der Waals surface area contributed by atoms with Crippen LogP contribution in [0, 0.1) is 5.92 Å². The fourth-order valence-corrected chi connectivity index (χ4v) is 2.79. The SMILES string of the molecule is CC1CCC(C)N(c2ccc(CO)c(C(F)(F)F)c2)C1. The Kier molecular flexibility index (Phi) is 4.28. The number of piperidine rings is 1. The molecular weight excluding hydrogens is 267 g/mol. The zero-order chi connectivity index (χ0) is 14.9. The van der Waals surface area contributed by atoms with E-state index < -0.39 is 18.3 Å². The number of anilines is 1. The number of benzene rings is 1. The Labute approximate surface area is 117 Å². The summed E-state index contributed by atoms with van der Waals surface area (Å²) in [4.78, 5) is 2.03. The first-order valence-corrected chi connectivity index (χ1v) is 6.90. The van der Waals surface area contributed by atoms with E-state index in [0.717, 1.165) is 19.4 Å². The van der Waals surface area contributed by atoms with Gasteiger partial charge in [-0.15, -0.1) is 0 Å².